The molecule has 1 aromatic carbocycles. The van der Waals surface area contributed by atoms with Crippen molar-refractivity contribution in [3.05, 3.63) is 34.1 Å². The van der Waals surface area contributed by atoms with E-state index in [2.05, 4.69) is 20.3 Å². The van der Waals surface area contributed by atoms with Gasteiger partial charge in [-0.1, -0.05) is 11.3 Å². The number of aromatic nitrogens is 4. The van der Waals surface area contributed by atoms with E-state index >= 15 is 4.39 Å². The van der Waals surface area contributed by atoms with Crippen LogP contribution in [0.4, 0.5) is 28.5 Å². The SMILES string of the molecule is COc1nc(N2CC3CCC(C2)N3)c2c(=O)n(C3CC3(F)F)c(-c3ccc(F)c4sc(N)nc34)c(F)c2n1. The van der Waals surface area contributed by atoms with Crippen LogP contribution in [0.15, 0.2) is 16.9 Å². The molecule has 3 aromatic heterocycles. The Labute approximate surface area is 216 Å². The molecule has 3 aliphatic rings. The Morgan fingerprint density at radius 2 is 1.84 bits per heavy atom. The number of hydrogen-bond donors (Lipinski definition) is 2. The molecule has 4 aromatic rings. The summed E-state index contributed by atoms with van der Waals surface area (Å²) < 4.78 is 66.1. The molecule has 2 bridgehead atoms. The van der Waals surface area contributed by atoms with Crippen LogP contribution in [0.5, 0.6) is 6.01 Å². The molecule has 9 nitrogen and oxygen atoms in total. The average molecular weight is 548 g/mol. The number of benzene rings is 1. The molecular formula is C24H21F4N7O2S. The number of alkyl halides is 2. The maximum absolute atomic E-state index is 16.6. The number of nitrogens with zero attached hydrogens (tertiary/aromatic N) is 5. The van der Waals surface area contributed by atoms with E-state index in [9.17, 15) is 18.0 Å². The first-order valence-corrected chi connectivity index (χ1v) is 12.9. The van der Waals surface area contributed by atoms with Gasteiger partial charge in [-0.05, 0) is 25.0 Å². The summed E-state index contributed by atoms with van der Waals surface area (Å²) in [5, 5.41) is 3.29. The van der Waals surface area contributed by atoms with E-state index in [4.69, 9.17) is 10.5 Å². The maximum atomic E-state index is 16.6. The number of nitrogens with two attached hydrogens (primary N) is 1. The van der Waals surface area contributed by atoms with Crippen LogP contribution in [0.2, 0.25) is 0 Å². The van der Waals surface area contributed by atoms with Gasteiger partial charge in [-0.2, -0.15) is 9.97 Å². The van der Waals surface area contributed by atoms with E-state index in [1.165, 1.54) is 13.2 Å². The predicted molar refractivity (Wildman–Crippen MR) is 134 cm³/mol. The molecule has 38 heavy (non-hydrogen) atoms. The molecule has 14 heteroatoms. The van der Waals surface area contributed by atoms with Crippen LogP contribution in [0.1, 0.15) is 25.3 Å². The molecule has 3 unspecified atom stereocenters. The molecule has 0 amide bonds. The van der Waals surface area contributed by atoms with Gasteiger partial charge < -0.3 is 20.7 Å². The number of methoxy groups -OCH3 is 1. The van der Waals surface area contributed by atoms with Crippen molar-refractivity contribution in [3.63, 3.8) is 0 Å². The van der Waals surface area contributed by atoms with Crippen molar-refractivity contribution >= 4 is 43.4 Å². The molecule has 0 spiro atoms. The number of ether oxygens (including phenoxy) is 1. The number of fused-ring (bicyclic) bond motifs is 4. The molecule has 3 fully saturated rings. The second-order valence-corrected chi connectivity index (χ2v) is 11.0. The molecule has 3 N–H and O–H groups in total. The lowest BCUT2D eigenvalue weighted by Gasteiger charge is -2.34. The molecule has 7 rings (SSSR count). The van der Waals surface area contributed by atoms with Crippen molar-refractivity contribution in [3.8, 4) is 17.3 Å². The number of nitrogens with one attached hydrogen (secondary N) is 1. The second-order valence-electron chi connectivity index (χ2n) is 9.94. The summed E-state index contributed by atoms with van der Waals surface area (Å²) in [7, 11) is 1.32. The van der Waals surface area contributed by atoms with Crippen LogP contribution >= 0.6 is 11.3 Å². The highest BCUT2D eigenvalue weighted by molar-refractivity contribution is 7.22. The van der Waals surface area contributed by atoms with E-state index in [-0.39, 0.29) is 55.7 Å². The van der Waals surface area contributed by atoms with Gasteiger partial charge in [0.25, 0.3) is 11.5 Å². The quantitative estimate of drug-likeness (QED) is 0.374. The molecule has 198 valence electrons. The summed E-state index contributed by atoms with van der Waals surface area (Å²) in [6, 6.07) is 0.845. The van der Waals surface area contributed by atoms with Crippen molar-refractivity contribution in [1.82, 2.24) is 24.8 Å². The third kappa shape index (κ3) is 3.39. The molecule has 1 saturated carbocycles. The summed E-state index contributed by atoms with van der Waals surface area (Å²) in [6.45, 7) is 1.01. The van der Waals surface area contributed by atoms with Gasteiger partial charge >= 0.3 is 6.01 Å². The Hall–Kier alpha value is -3.52. The standard InChI is InChI=1S/C24H21F4N7O2S/c1-37-23-32-17-14(20(33-23)34-7-9-2-3-10(8-34)30-9)21(36)35(13-6-24(13,27)28)18(15(17)26)11-4-5-12(25)19-16(11)31-22(29)38-19/h4-5,9-10,13,30H,2-3,6-8H2,1H3,(H2,29,31). The zero-order chi connectivity index (χ0) is 26.5. The lowest BCUT2D eigenvalue weighted by Crippen LogP contribution is -2.51. The summed E-state index contributed by atoms with van der Waals surface area (Å²) in [5.41, 5.74) is 4.06. The fourth-order valence-corrected chi connectivity index (χ4v) is 6.49. The monoisotopic (exact) mass is 547 g/mol. The van der Waals surface area contributed by atoms with Crippen molar-refractivity contribution in [2.24, 2.45) is 0 Å². The van der Waals surface area contributed by atoms with Gasteiger partial charge in [-0.15, -0.1) is 0 Å². The Bertz CT molecular complexity index is 1700. The number of rotatable bonds is 4. The van der Waals surface area contributed by atoms with Gasteiger partial charge in [0.05, 0.1) is 23.0 Å². The van der Waals surface area contributed by atoms with E-state index in [1.807, 2.05) is 4.90 Å². The highest BCUT2D eigenvalue weighted by Gasteiger charge is 2.60. The van der Waals surface area contributed by atoms with Gasteiger partial charge in [-0.3, -0.25) is 9.36 Å². The minimum absolute atomic E-state index is 0.0119. The zero-order valence-electron chi connectivity index (χ0n) is 20.0. The molecule has 2 aliphatic heterocycles. The maximum Gasteiger partial charge on any atom is 0.318 e. The number of pyridine rings is 1. The third-order valence-corrected chi connectivity index (χ3v) is 8.42. The van der Waals surface area contributed by atoms with Crippen molar-refractivity contribution in [1.29, 1.82) is 0 Å². The largest absolute Gasteiger partial charge is 0.467 e. The van der Waals surface area contributed by atoms with Crippen LogP contribution in [0.25, 0.3) is 32.4 Å². The molecule has 2 saturated heterocycles. The fraction of sp³-hybridized carbons (Fsp3) is 0.417. The van der Waals surface area contributed by atoms with Crippen LogP contribution < -0.4 is 26.2 Å². The lowest BCUT2D eigenvalue weighted by molar-refractivity contribution is 0.100. The van der Waals surface area contributed by atoms with Crippen molar-refractivity contribution in [2.45, 2.75) is 43.3 Å². The van der Waals surface area contributed by atoms with Crippen LogP contribution in [0.3, 0.4) is 0 Å². The normalized spacial score (nSPS) is 23.9. The fourth-order valence-electron chi connectivity index (χ4n) is 5.72. The molecule has 1 aliphatic carbocycles. The van der Waals surface area contributed by atoms with Gasteiger partial charge in [0, 0.05) is 37.2 Å². The Morgan fingerprint density at radius 3 is 2.50 bits per heavy atom. The summed E-state index contributed by atoms with van der Waals surface area (Å²) in [6.07, 6.45) is 1.24. The van der Waals surface area contributed by atoms with Gasteiger partial charge in [0.15, 0.2) is 10.9 Å². The molecule has 3 atom stereocenters. The number of hydrogen-bond acceptors (Lipinski definition) is 9. The zero-order valence-corrected chi connectivity index (χ0v) is 20.8. The van der Waals surface area contributed by atoms with Gasteiger partial charge in [-0.25, -0.2) is 22.5 Å². The number of nitrogen functional groups attached to an aromatic ring is 1. The molecular weight excluding hydrogens is 526 g/mol. The van der Waals surface area contributed by atoms with E-state index < -0.39 is 41.3 Å². The third-order valence-electron chi connectivity index (χ3n) is 7.53. The number of piperazine rings is 1. The first-order chi connectivity index (χ1) is 18.2. The van der Waals surface area contributed by atoms with Crippen LogP contribution in [-0.2, 0) is 0 Å². The summed E-state index contributed by atoms with van der Waals surface area (Å²) in [4.78, 5) is 28.6. The summed E-state index contributed by atoms with van der Waals surface area (Å²) in [5.74, 6) is -4.76. The average Bonchev–Trinajstić information content (AvgIpc) is 3.17. The van der Waals surface area contributed by atoms with Gasteiger partial charge in [0.1, 0.15) is 28.6 Å². The van der Waals surface area contributed by atoms with E-state index in [1.54, 1.807) is 0 Å². The van der Waals surface area contributed by atoms with Crippen molar-refractivity contribution in [2.75, 3.05) is 30.8 Å². The topological polar surface area (TPSA) is 111 Å². The first kappa shape index (κ1) is 23.6. The highest BCUT2D eigenvalue weighted by atomic mass is 32.1. The minimum Gasteiger partial charge on any atom is -0.467 e. The lowest BCUT2D eigenvalue weighted by atomic mass is 10.1. The molecule has 5 heterocycles. The van der Waals surface area contributed by atoms with E-state index in [0.717, 1.165) is 34.8 Å². The highest BCUT2D eigenvalue weighted by Crippen LogP contribution is 2.54. The predicted octanol–water partition coefficient (Wildman–Crippen LogP) is 3.46. The first-order valence-electron chi connectivity index (χ1n) is 12.1. The Balaban J connectivity index is 1.56. The van der Waals surface area contributed by atoms with E-state index in [0.29, 0.717) is 13.1 Å². The van der Waals surface area contributed by atoms with Crippen molar-refractivity contribution < 1.29 is 22.3 Å². The summed E-state index contributed by atoms with van der Waals surface area (Å²) >= 11 is 0.840. The Kier molecular flexibility index (Phi) is 4.96. The number of thiazole rings is 1. The molecule has 0 radical (unpaired) electrons. The van der Waals surface area contributed by atoms with Gasteiger partial charge in [0.2, 0.25) is 0 Å². The smallest absolute Gasteiger partial charge is 0.318 e. The minimum atomic E-state index is -3.22. The van der Waals surface area contributed by atoms with Crippen LogP contribution in [0, 0.1) is 11.6 Å². The van der Waals surface area contributed by atoms with Crippen LogP contribution in [-0.4, -0.2) is 57.7 Å². The number of anilines is 2. The Morgan fingerprint density at radius 1 is 1.13 bits per heavy atom. The second kappa shape index (κ2) is 7.99. The number of halogens is 4.